The fourth-order valence-corrected chi connectivity index (χ4v) is 1.92. The second-order valence-corrected chi connectivity index (χ2v) is 4.31. The number of hydrogen-bond acceptors (Lipinski definition) is 7. The average Bonchev–Trinajstić information content (AvgIpc) is 2.91. The molecule has 18 heavy (non-hydrogen) atoms. The van der Waals surface area contributed by atoms with Crippen LogP contribution in [0, 0.1) is 0 Å². The highest BCUT2D eigenvalue weighted by molar-refractivity contribution is 7.07. The first kappa shape index (κ1) is 12.4. The number of thiazole rings is 1. The first-order valence-corrected chi connectivity index (χ1v) is 6.13. The molecule has 94 valence electrons. The number of carbonyl (C=O) groups excluding carboxylic acids is 1. The van der Waals surface area contributed by atoms with Crippen LogP contribution in [-0.4, -0.2) is 35.1 Å². The number of hydrogen-bond donors (Lipinski definition) is 0. The average molecular weight is 264 g/mol. The van der Waals surface area contributed by atoms with Crippen molar-refractivity contribution in [1.82, 2.24) is 15.0 Å². The standard InChI is InChI=1S/C11H12N4O2S/c1-15(5-8-6-18-7-14-8)10-4-12-9(3-13-10)11(16)17-2/h3-4,6-7H,5H2,1-2H3. The number of rotatable bonds is 4. The van der Waals surface area contributed by atoms with Crippen molar-refractivity contribution in [2.75, 3.05) is 19.1 Å². The topological polar surface area (TPSA) is 68.2 Å². The van der Waals surface area contributed by atoms with Crippen LogP contribution in [0.4, 0.5) is 5.82 Å². The van der Waals surface area contributed by atoms with Gasteiger partial charge in [-0.2, -0.15) is 0 Å². The van der Waals surface area contributed by atoms with E-state index in [1.807, 2.05) is 17.3 Å². The van der Waals surface area contributed by atoms with E-state index in [0.717, 1.165) is 5.69 Å². The fourth-order valence-electron chi connectivity index (χ4n) is 1.37. The van der Waals surface area contributed by atoms with Gasteiger partial charge in [0.2, 0.25) is 0 Å². The molecule has 6 nitrogen and oxygen atoms in total. The van der Waals surface area contributed by atoms with Crippen molar-refractivity contribution in [3.05, 3.63) is 34.7 Å². The lowest BCUT2D eigenvalue weighted by molar-refractivity contribution is 0.0593. The molecule has 0 bridgehead atoms. The van der Waals surface area contributed by atoms with Crippen molar-refractivity contribution < 1.29 is 9.53 Å². The van der Waals surface area contributed by atoms with Crippen molar-refractivity contribution in [2.45, 2.75) is 6.54 Å². The second-order valence-electron chi connectivity index (χ2n) is 3.59. The Morgan fingerprint density at radius 3 is 2.78 bits per heavy atom. The predicted octanol–water partition coefficient (Wildman–Crippen LogP) is 1.36. The van der Waals surface area contributed by atoms with Gasteiger partial charge in [-0.15, -0.1) is 11.3 Å². The summed E-state index contributed by atoms with van der Waals surface area (Å²) in [5.41, 5.74) is 2.96. The Labute approximate surface area is 108 Å². The van der Waals surface area contributed by atoms with Crippen molar-refractivity contribution in [3.8, 4) is 0 Å². The quantitative estimate of drug-likeness (QED) is 0.777. The van der Waals surface area contributed by atoms with E-state index in [9.17, 15) is 4.79 Å². The molecule has 0 fully saturated rings. The first-order chi connectivity index (χ1) is 8.70. The molecule has 2 aromatic rings. The van der Waals surface area contributed by atoms with Gasteiger partial charge in [0.25, 0.3) is 0 Å². The predicted molar refractivity (Wildman–Crippen MR) is 67.6 cm³/mol. The Balaban J connectivity index is 2.07. The van der Waals surface area contributed by atoms with E-state index >= 15 is 0 Å². The lowest BCUT2D eigenvalue weighted by Gasteiger charge is -2.16. The van der Waals surface area contributed by atoms with Crippen molar-refractivity contribution >= 4 is 23.1 Å². The minimum absolute atomic E-state index is 0.198. The Morgan fingerprint density at radius 1 is 1.39 bits per heavy atom. The SMILES string of the molecule is COC(=O)c1cnc(N(C)Cc2cscn2)cn1. The Bertz CT molecular complexity index is 512. The highest BCUT2D eigenvalue weighted by Crippen LogP contribution is 2.11. The molecule has 2 aromatic heterocycles. The second kappa shape index (κ2) is 5.54. The lowest BCUT2D eigenvalue weighted by atomic mass is 10.4. The van der Waals surface area contributed by atoms with E-state index in [4.69, 9.17) is 0 Å². The molecule has 0 aliphatic carbocycles. The van der Waals surface area contributed by atoms with Gasteiger partial charge in [-0.25, -0.2) is 19.7 Å². The summed E-state index contributed by atoms with van der Waals surface area (Å²) >= 11 is 1.55. The van der Waals surface area contributed by atoms with Crippen molar-refractivity contribution in [3.63, 3.8) is 0 Å². The molecular formula is C11H12N4O2S. The van der Waals surface area contributed by atoms with E-state index in [1.54, 1.807) is 23.0 Å². The Morgan fingerprint density at radius 2 is 2.22 bits per heavy atom. The van der Waals surface area contributed by atoms with E-state index in [0.29, 0.717) is 12.4 Å². The Kier molecular flexibility index (Phi) is 3.83. The molecule has 7 heteroatoms. The van der Waals surface area contributed by atoms with Crippen LogP contribution in [0.5, 0.6) is 0 Å². The molecule has 0 amide bonds. The summed E-state index contributed by atoms with van der Waals surface area (Å²) in [6, 6.07) is 0. The van der Waals surface area contributed by atoms with Gasteiger partial charge in [0.1, 0.15) is 5.82 Å². The third-order valence-corrected chi connectivity index (χ3v) is 2.94. The Hall–Kier alpha value is -2.02. The third-order valence-electron chi connectivity index (χ3n) is 2.31. The maximum atomic E-state index is 11.2. The highest BCUT2D eigenvalue weighted by atomic mass is 32.1. The molecule has 0 aliphatic rings. The summed E-state index contributed by atoms with van der Waals surface area (Å²) in [5, 5.41) is 1.98. The number of nitrogens with zero attached hydrogens (tertiary/aromatic N) is 4. The molecule has 0 saturated carbocycles. The van der Waals surface area contributed by atoms with Crippen LogP contribution >= 0.6 is 11.3 Å². The number of anilines is 1. The van der Waals surface area contributed by atoms with E-state index in [1.165, 1.54) is 13.3 Å². The van der Waals surface area contributed by atoms with E-state index in [2.05, 4.69) is 19.7 Å². The highest BCUT2D eigenvalue weighted by Gasteiger charge is 2.10. The molecule has 0 N–H and O–H groups in total. The molecule has 0 saturated heterocycles. The van der Waals surface area contributed by atoms with Crippen LogP contribution in [-0.2, 0) is 11.3 Å². The van der Waals surface area contributed by atoms with Gasteiger partial charge in [-0.05, 0) is 0 Å². The van der Waals surface area contributed by atoms with Crippen LogP contribution in [0.1, 0.15) is 16.2 Å². The van der Waals surface area contributed by atoms with Gasteiger partial charge < -0.3 is 9.64 Å². The maximum absolute atomic E-state index is 11.2. The van der Waals surface area contributed by atoms with Crippen molar-refractivity contribution in [2.24, 2.45) is 0 Å². The minimum Gasteiger partial charge on any atom is -0.464 e. The smallest absolute Gasteiger partial charge is 0.358 e. The summed E-state index contributed by atoms with van der Waals surface area (Å²) in [6.07, 6.45) is 2.94. The number of ether oxygens (including phenoxy) is 1. The van der Waals surface area contributed by atoms with Gasteiger partial charge in [0.15, 0.2) is 5.69 Å². The normalized spacial score (nSPS) is 10.1. The molecule has 0 aromatic carbocycles. The fraction of sp³-hybridized carbons (Fsp3) is 0.273. The molecule has 0 spiro atoms. The van der Waals surface area contributed by atoms with Gasteiger partial charge in [0.05, 0.1) is 37.3 Å². The van der Waals surface area contributed by atoms with Crippen LogP contribution in [0.2, 0.25) is 0 Å². The molecule has 0 unspecified atom stereocenters. The van der Waals surface area contributed by atoms with E-state index in [-0.39, 0.29) is 5.69 Å². The van der Waals surface area contributed by atoms with Crippen LogP contribution in [0.15, 0.2) is 23.3 Å². The largest absolute Gasteiger partial charge is 0.464 e. The van der Waals surface area contributed by atoms with Crippen LogP contribution in [0.3, 0.4) is 0 Å². The summed E-state index contributed by atoms with van der Waals surface area (Å²) < 4.78 is 4.56. The molecular weight excluding hydrogens is 252 g/mol. The molecule has 0 radical (unpaired) electrons. The summed E-state index contributed by atoms with van der Waals surface area (Å²) in [5.74, 6) is 0.187. The lowest BCUT2D eigenvalue weighted by Crippen LogP contribution is -2.18. The molecule has 2 heterocycles. The van der Waals surface area contributed by atoms with Gasteiger partial charge in [0, 0.05) is 12.4 Å². The molecule has 0 atom stereocenters. The summed E-state index contributed by atoms with van der Waals surface area (Å²) in [7, 11) is 3.20. The monoisotopic (exact) mass is 264 g/mol. The summed E-state index contributed by atoms with van der Waals surface area (Å²) in [6.45, 7) is 0.649. The molecule has 2 rings (SSSR count). The van der Waals surface area contributed by atoms with Crippen molar-refractivity contribution in [1.29, 1.82) is 0 Å². The zero-order chi connectivity index (χ0) is 13.0. The number of aromatic nitrogens is 3. The molecule has 0 aliphatic heterocycles. The number of methoxy groups -OCH3 is 1. The minimum atomic E-state index is -0.490. The summed E-state index contributed by atoms with van der Waals surface area (Å²) in [4.78, 5) is 25.5. The number of carbonyl (C=O) groups is 1. The maximum Gasteiger partial charge on any atom is 0.358 e. The van der Waals surface area contributed by atoms with Gasteiger partial charge >= 0.3 is 5.97 Å². The van der Waals surface area contributed by atoms with E-state index < -0.39 is 5.97 Å². The zero-order valence-corrected chi connectivity index (χ0v) is 10.8. The number of esters is 1. The third kappa shape index (κ3) is 2.80. The zero-order valence-electron chi connectivity index (χ0n) is 10.0. The van der Waals surface area contributed by atoms with Gasteiger partial charge in [-0.3, -0.25) is 0 Å². The van der Waals surface area contributed by atoms with Crippen LogP contribution in [0.25, 0.3) is 0 Å². The van der Waals surface area contributed by atoms with Gasteiger partial charge in [-0.1, -0.05) is 0 Å². The first-order valence-electron chi connectivity index (χ1n) is 5.19. The van der Waals surface area contributed by atoms with Crippen LogP contribution < -0.4 is 4.90 Å².